The number of methoxy groups -OCH3 is 2. The van der Waals surface area contributed by atoms with Gasteiger partial charge in [-0.25, -0.2) is 0 Å². The van der Waals surface area contributed by atoms with Crippen molar-refractivity contribution in [2.75, 3.05) is 14.2 Å². The molecule has 4 atom stereocenters. The van der Waals surface area contributed by atoms with Crippen LogP contribution in [0.4, 0.5) is 0 Å². The van der Waals surface area contributed by atoms with Crippen LogP contribution in [0, 0.1) is 6.92 Å². The van der Waals surface area contributed by atoms with Gasteiger partial charge in [0.15, 0.2) is 0 Å². The number of aryl methyl sites for hydroxylation is 1. The minimum Gasteiger partial charge on any atom is -0.496 e. The second-order valence-electron chi connectivity index (χ2n) is 10.9. The lowest BCUT2D eigenvalue weighted by Gasteiger charge is -2.41. The summed E-state index contributed by atoms with van der Waals surface area (Å²) in [7, 11) is 3.36. The van der Waals surface area contributed by atoms with Crippen molar-refractivity contribution in [1.29, 1.82) is 0 Å². The number of benzene rings is 4. The fourth-order valence-electron chi connectivity index (χ4n) is 7.18. The van der Waals surface area contributed by atoms with Crippen molar-refractivity contribution in [2.24, 2.45) is 0 Å². The van der Waals surface area contributed by atoms with E-state index in [1.807, 2.05) is 24.3 Å². The van der Waals surface area contributed by atoms with Crippen LogP contribution in [0.5, 0.6) is 11.5 Å². The first-order valence-electron chi connectivity index (χ1n) is 13.6. The summed E-state index contributed by atoms with van der Waals surface area (Å²) in [6, 6.07) is 20.7. The van der Waals surface area contributed by atoms with Gasteiger partial charge in [-0.15, -0.1) is 0 Å². The molecule has 0 aliphatic heterocycles. The van der Waals surface area contributed by atoms with Crippen molar-refractivity contribution in [3.05, 3.63) is 125 Å². The molecule has 0 heterocycles. The van der Waals surface area contributed by atoms with E-state index >= 15 is 0 Å². The van der Waals surface area contributed by atoms with Gasteiger partial charge in [0.05, 0.1) is 38.5 Å². The van der Waals surface area contributed by atoms with Crippen LogP contribution in [0.1, 0.15) is 79.3 Å². The molecule has 3 N–H and O–H groups in total. The van der Waals surface area contributed by atoms with Gasteiger partial charge in [0, 0.05) is 39.8 Å². The summed E-state index contributed by atoms with van der Waals surface area (Å²) >= 11 is 7.86. The van der Waals surface area contributed by atoms with E-state index in [-0.39, 0.29) is 43.5 Å². The Morgan fingerprint density at radius 2 is 1.24 bits per heavy atom. The molecule has 0 spiro atoms. The lowest BCUT2D eigenvalue weighted by atomic mass is 9.62. The maximum Gasteiger partial charge on any atom is 0.137 e. The van der Waals surface area contributed by atoms with Gasteiger partial charge >= 0.3 is 0 Å². The second-order valence-corrected chi connectivity index (χ2v) is 12.5. The van der Waals surface area contributed by atoms with Gasteiger partial charge in [0.25, 0.3) is 0 Å². The Morgan fingerprint density at radius 1 is 0.610 bits per heavy atom. The fraction of sp³-hybridized carbons (Fsp3) is 0.294. The van der Waals surface area contributed by atoms with E-state index < -0.39 is 0 Å². The van der Waals surface area contributed by atoms with E-state index in [9.17, 15) is 15.3 Å². The Morgan fingerprint density at radius 3 is 1.83 bits per heavy atom. The number of fused-ring (bicyclic) bond motifs is 7. The number of aliphatic hydroxyl groups is 3. The molecule has 0 radical (unpaired) electrons. The molecule has 0 aromatic heterocycles. The molecule has 0 saturated carbocycles. The number of halogens is 2. The van der Waals surface area contributed by atoms with Crippen LogP contribution in [0.3, 0.4) is 0 Å². The Labute approximate surface area is 257 Å². The van der Waals surface area contributed by atoms with Crippen LogP contribution < -0.4 is 9.47 Å². The molecule has 41 heavy (non-hydrogen) atoms. The van der Waals surface area contributed by atoms with Crippen LogP contribution in [0.15, 0.2) is 69.6 Å². The SMILES string of the molecule is COc1cc(OC)c2c(c1Br)[C@H]1[C@@H](c3ccc(CO)cc3)c3c(CO)cc(CO)c(Br)c3C2[C@H]1c1ccc(C)cc1. The summed E-state index contributed by atoms with van der Waals surface area (Å²) in [4.78, 5) is 0. The largest absolute Gasteiger partial charge is 0.496 e. The zero-order chi connectivity index (χ0) is 29.0. The Bertz CT molecular complexity index is 1610. The molecule has 2 aliphatic rings. The van der Waals surface area contributed by atoms with Crippen LogP contribution in [0.25, 0.3) is 0 Å². The highest BCUT2D eigenvalue weighted by molar-refractivity contribution is 9.11. The van der Waals surface area contributed by atoms with E-state index in [2.05, 4.69) is 75.2 Å². The topological polar surface area (TPSA) is 79.2 Å². The summed E-state index contributed by atoms with van der Waals surface area (Å²) in [6.45, 7) is 1.75. The van der Waals surface area contributed by atoms with Crippen molar-refractivity contribution in [3.8, 4) is 11.5 Å². The molecule has 4 aromatic rings. The summed E-state index contributed by atoms with van der Waals surface area (Å²) < 4.78 is 13.6. The average Bonchev–Trinajstić information content (AvgIpc) is 3.27. The Hall–Kier alpha value is -2.68. The van der Waals surface area contributed by atoms with Gasteiger partial charge in [0.2, 0.25) is 0 Å². The molecule has 212 valence electrons. The Balaban J connectivity index is 1.79. The first-order chi connectivity index (χ1) is 19.9. The zero-order valence-electron chi connectivity index (χ0n) is 23.1. The fourth-order valence-corrected chi connectivity index (χ4v) is 8.63. The first kappa shape index (κ1) is 28.4. The van der Waals surface area contributed by atoms with E-state index in [0.717, 1.165) is 59.2 Å². The molecule has 2 bridgehead atoms. The summed E-state index contributed by atoms with van der Waals surface area (Å²) in [5.41, 5.74) is 10.2. The van der Waals surface area contributed by atoms with Crippen molar-refractivity contribution >= 4 is 31.9 Å². The van der Waals surface area contributed by atoms with Gasteiger partial charge < -0.3 is 24.8 Å². The predicted molar refractivity (Wildman–Crippen MR) is 166 cm³/mol. The summed E-state index contributed by atoms with van der Waals surface area (Å²) in [6.07, 6.45) is 0. The monoisotopic (exact) mass is 678 g/mol. The van der Waals surface area contributed by atoms with Gasteiger partial charge in [-0.2, -0.15) is 0 Å². The lowest BCUT2D eigenvalue weighted by Crippen LogP contribution is -2.28. The summed E-state index contributed by atoms with van der Waals surface area (Å²) in [5.74, 6) is 1.21. The predicted octanol–water partition coefficient (Wildman–Crippen LogP) is 7.17. The minimum absolute atomic E-state index is 0.0271. The Kier molecular flexibility index (Phi) is 7.76. The molecule has 0 saturated heterocycles. The second kappa shape index (κ2) is 11.2. The van der Waals surface area contributed by atoms with E-state index in [1.165, 1.54) is 11.1 Å². The van der Waals surface area contributed by atoms with Crippen molar-refractivity contribution in [1.82, 2.24) is 0 Å². The van der Waals surface area contributed by atoms with Crippen molar-refractivity contribution < 1.29 is 24.8 Å². The van der Waals surface area contributed by atoms with Crippen LogP contribution >= 0.6 is 31.9 Å². The third-order valence-corrected chi connectivity index (χ3v) is 10.7. The van der Waals surface area contributed by atoms with E-state index in [4.69, 9.17) is 9.47 Å². The number of ether oxygens (including phenoxy) is 2. The highest BCUT2D eigenvalue weighted by Crippen LogP contribution is 2.70. The standard InChI is InChI=1S/C34H32Br2O5/c1-17-4-8-19(9-5-17)26-29-25(20-10-6-18(14-37)7-11-20)27-21(15-38)12-22(16-39)33(35)31(27)30(26)28-23(40-2)13-24(41-3)34(36)32(28)29/h4-13,25-26,29-30,37-39H,14-16H2,1-3H3/t25-,26-,29-,30?/m0/s1. The highest BCUT2D eigenvalue weighted by Gasteiger charge is 2.55. The van der Waals surface area contributed by atoms with Crippen LogP contribution in [-0.2, 0) is 19.8 Å². The smallest absolute Gasteiger partial charge is 0.137 e. The average molecular weight is 680 g/mol. The van der Waals surface area contributed by atoms with Gasteiger partial charge in [-0.3, -0.25) is 0 Å². The number of rotatable bonds is 7. The third-order valence-electron chi connectivity index (χ3n) is 8.91. The number of hydrogen-bond acceptors (Lipinski definition) is 5. The molecule has 4 aromatic carbocycles. The maximum absolute atomic E-state index is 10.7. The quantitative estimate of drug-likeness (QED) is 0.193. The number of hydrogen-bond donors (Lipinski definition) is 3. The van der Waals surface area contributed by atoms with Crippen molar-refractivity contribution in [3.63, 3.8) is 0 Å². The normalized spacial score (nSPS) is 20.5. The first-order valence-corrected chi connectivity index (χ1v) is 15.2. The molecule has 0 fully saturated rings. The number of aliphatic hydroxyl groups excluding tert-OH is 3. The van der Waals surface area contributed by atoms with Gasteiger partial charge in [-0.05, 0) is 73.4 Å². The van der Waals surface area contributed by atoms with E-state index in [1.54, 1.807) is 14.2 Å². The molecule has 1 unspecified atom stereocenters. The maximum atomic E-state index is 10.7. The summed E-state index contributed by atoms with van der Waals surface area (Å²) in [5, 5.41) is 30.9. The van der Waals surface area contributed by atoms with Crippen LogP contribution in [-0.4, -0.2) is 29.5 Å². The molecular weight excluding hydrogens is 648 g/mol. The van der Waals surface area contributed by atoms with Gasteiger partial charge in [0.1, 0.15) is 11.5 Å². The van der Waals surface area contributed by atoms with Crippen LogP contribution in [0.2, 0.25) is 0 Å². The zero-order valence-corrected chi connectivity index (χ0v) is 26.3. The molecule has 5 nitrogen and oxygen atoms in total. The van der Waals surface area contributed by atoms with Gasteiger partial charge in [-0.1, -0.05) is 70.0 Å². The molecular formula is C34H32Br2O5. The molecule has 0 amide bonds. The molecule has 7 heteroatoms. The van der Waals surface area contributed by atoms with Crippen molar-refractivity contribution in [2.45, 2.75) is 50.4 Å². The molecule has 6 rings (SSSR count). The minimum atomic E-state index is -0.154. The third kappa shape index (κ3) is 4.36. The van der Waals surface area contributed by atoms with E-state index in [0.29, 0.717) is 5.75 Å². The molecule has 2 aliphatic carbocycles. The lowest BCUT2D eigenvalue weighted by molar-refractivity contribution is 0.271. The highest BCUT2D eigenvalue weighted by atomic mass is 79.9.